The summed E-state index contributed by atoms with van der Waals surface area (Å²) < 4.78 is 5.10. The molecular weight excluding hydrogens is 486 g/mol. The number of rotatable bonds is 14. The quantitative estimate of drug-likeness (QED) is 0.248. The summed E-state index contributed by atoms with van der Waals surface area (Å²) in [5.41, 5.74) is 0.692. The van der Waals surface area contributed by atoms with Crippen molar-refractivity contribution < 1.29 is 43.7 Å². The zero-order valence-corrected chi connectivity index (χ0v) is 20.6. The molecule has 0 aliphatic carbocycles. The van der Waals surface area contributed by atoms with E-state index in [1.165, 1.54) is 0 Å². The molecule has 12 nitrogen and oxygen atoms in total. The Bertz CT molecular complexity index is 1040. The maximum Gasteiger partial charge on any atom is 0.407 e. The number of ether oxygens (including phenoxy) is 1. The molecule has 0 saturated carbocycles. The minimum Gasteiger partial charge on any atom is -0.481 e. The molecule has 0 spiro atoms. The summed E-state index contributed by atoms with van der Waals surface area (Å²) in [5, 5.41) is 21.2. The molecular formula is C25H31N3O9. The van der Waals surface area contributed by atoms with Crippen molar-refractivity contribution >= 4 is 35.9 Å². The van der Waals surface area contributed by atoms with Crippen LogP contribution in [0.1, 0.15) is 51.0 Å². The van der Waals surface area contributed by atoms with Crippen LogP contribution in [0.5, 0.6) is 0 Å². The van der Waals surface area contributed by atoms with Crippen LogP contribution in [0.25, 0.3) is 0 Å². The van der Waals surface area contributed by atoms with Gasteiger partial charge >= 0.3 is 24.1 Å². The number of carboxylic acid groups (broad SMARTS) is 2. The highest BCUT2D eigenvalue weighted by molar-refractivity contribution is 6.18. The van der Waals surface area contributed by atoms with Crippen molar-refractivity contribution in [3.05, 3.63) is 48.2 Å². The molecule has 1 aromatic carbocycles. The Morgan fingerprint density at radius 2 is 1.73 bits per heavy atom. The molecule has 1 heterocycles. The number of aliphatic carboxylic acids is 2. The first kappa shape index (κ1) is 29.0. The van der Waals surface area contributed by atoms with Gasteiger partial charge in [-0.25, -0.2) is 24.2 Å². The number of carbonyl (C=O) groups is 6. The molecule has 200 valence electrons. The van der Waals surface area contributed by atoms with E-state index in [1.807, 2.05) is 30.3 Å². The van der Waals surface area contributed by atoms with Crippen molar-refractivity contribution in [1.82, 2.24) is 15.1 Å². The maximum atomic E-state index is 13.1. The van der Waals surface area contributed by atoms with Crippen LogP contribution in [0, 0.1) is 5.92 Å². The number of carbonyl (C=O) groups excluding carboxylic acids is 4. The van der Waals surface area contributed by atoms with E-state index < -0.39 is 54.3 Å². The lowest BCUT2D eigenvalue weighted by molar-refractivity contribution is -0.157. The Kier molecular flexibility index (Phi) is 10.8. The highest BCUT2D eigenvalue weighted by Crippen LogP contribution is 2.28. The van der Waals surface area contributed by atoms with Gasteiger partial charge in [0.1, 0.15) is 18.6 Å². The number of imide groups is 2. The highest BCUT2D eigenvalue weighted by atomic mass is 16.5. The summed E-state index contributed by atoms with van der Waals surface area (Å²) in [6.07, 6.45) is -0.791. The third-order valence-electron chi connectivity index (χ3n) is 5.79. The van der Waals surface area contributed by atoms with E-state index in [2.05, 4.69) is 11.9 Å². The zero-order valence-electron chi connectivity index (χ0n) is 20.6. The second-order valence-corrected chi connectivity index (χ2v) is 8.42. The Labute approximate surface area is 213 Å². The van der Waals surface area contributed by atoms with Gasteiger partial charge in [-0.1, -0.05) is 43.8 Å². The Balaban J connectivity index is 1.97. The highest BCUT2D eigenvalue weighted by Gasteiger charge is 2.49. The largest absolute Gasteiger partial charge is 0.481 e. The first-order chi connectivity index (χ1) is 17.6. The lowest BCUT2D eigenvalue weighted by Crippen LogP contribution is -2.63. The van der Waals surface area contributed by atoms with Gasteiger partial charge < -0.3 is 20.3 Å². The van der Waals surface area contributed by atoms with E-state index in [9.17, 15) is 33.9 Å². The monoisotopic (exact) mass is 517 g/mol. The maximum absolute atomic E-state index is 13.1. The van der Waals surface area contributed by atoms with Gasteiger partial charge in [-0.3, -0.25) is 14.4 Å². The molecule has 0 bridgehead atoms. The molecule has 1 saturated heterocycles. The number of unbranched alkanes of at least 4 members (excludes halogenated alkanes) is 1. The molecule has 37 heavy (non-hydrogen) atoms. The van der Waals surface area contributed by atoms with Crippen LogP contribution in [-0.4, -0.2) is 68.5 Å². The summed E-state index contributed by atoms with van der Waals surface area (Å²) in [6, 6.07) is 6.37. The average molecular weight is 518 g/mol. The second-order valence-electron chi connectivity index (χ2n) is 8.42. The van der Waals surface area contributed by atoms with Gasteiger partial charge in [0.25, 0.3) is 0 Å². The number of urea groups is 1. The van der Waals surface area contributed by atoms with Crippen molar-refractivity contribution in [1.29, 1.82) is 0 Å². The molecule has 5 amide bonds. The first-order valence-corrected chi connectivity index (χ1v) is 11.9. The Morgan fingerprint density at radius 3 is 2.32 bits per heavy atom. The average Bonchev–Trinajstić information content (AvgIpc) is 2.85. The smallest absolute Gasteiger partial charge is 0.407 e. The Hall–Kier alpha value is -4.22. The lowest BCUT2D eigenvalue weighted by Gasteiger charge is -2.39. The van der Waals surface area contributed by atoms with Crippen molar-refractivity contribution in [2.45, 2.75) is 58.1 Å². The standard InChI is InChI=1S/C25H31N3O9/c1-3-18-21(31)27(16(2)12-13-20(29)30)25(36)28(22(18)32)19(23(33)34)11-7-8-14-26-24(35)37-15-17-9-5-4-6-10-17/h4-6,9-10,18-19H,2-3,7-8,11-15H2,1H3,(H,26,35)(H,29,30)(H,33,34)/t18?,19-/m0/s1. The van der Waals surface area contributed by atoms with Crippen LogP contribution >= 0.6 is 0 Å². The van der Waals surface area contributed by atoms with Gasteiger partial charge in [0.05, 0.1) is 6.42 Å². The minimum atomic E-state index is -1.55. The van der Waals surface area contributed by atoms with Gasteiger partial charge in [-0.2, -0.15) is 0 Å². The number of barbiturate groups is 1. The summed E-state index contributed by atoms with van der Waals surface area (Å²) in [5.74, 6) is -5.67. The van der Waals surface area contributed by atoms with Gasteiger partial charge in [-0.05, 0) is 37.7 Å². The third kappa shape index (κ3) is 7.89. The SMILES string of the molecule is C=C(CCC(=O)O)N1C(=O)C(CC)C(=O)N([C@@H](CCCCNC(=O)OCc2ccccc2)C(=O)O)C1=O. The zero-order chi connectivity index (χ0) is 27.5. The second kappa shape index (κ2) is 13.8. The van der Waals surface area contributed by atoms with Crippen LogP contribution in [0.15, 0.2) is 42.6 Å². The number of amides is 5. The normalized spacial score (nSPS) is 16.4. The first-order valence-electron chi connectivity index (χ1n) is 11.9. The lowest BCUT2D eigenvalue weighted by atomic mass is 9.97. The number of nitrogens with zero attached hydrogens (tertiary/aromatic N) is 2. The molecule has 3 N–H and O–H groups in total. The molecule has 12 heteroatoms. The third-order valence-corrected chi connectivity index (χ3v) is 5.79. The molecule has 0 radical (unpaired) electrons. The van der Waals surface area contributed by atoms with Crippen LogP contribution in [-0.2, 0) is 30.5 Å². The Morgan fingerprint density at radius 1 is 1.05 bits per heavy atom. The van der Waals surface area contributed by atoms with E-state index >= 15 is 0 Å². The molecule has 2 rings (SSSR count). The minimum absolute atomic E-state index is 0.0194. The predicted molar refractivity (Wildman–Crippen MR) is 129 cm³/mol. The fourth-order valence-corrected chi connectivity index (χ4v) is 3.81. The van der Waals surface area contributed by atoms with Crippen molar-refractivity contribution in [3.63, 3.8) is 0 Å². The van der Waals surface area contributed by atoms with Crippen molar-refractivity contribution in [3.8, 4) is 0 Å². The number of hydrogen-bond donors (Lipinski definition) is 3. The fourth-order valence-electron chi connectivity index (χ4n) is 3.81. The number of allylic oxidation sites excluding steroid dienone is 1. The topological polar surface area (TPSA) is 171 Å². The number of nitrogens with one attached hydrogen (secondary N) is 1. The molecule has 1 unspecified atom stereocenters. The van der Waals surface area contributed by atoms with E-state index in [0.717, 1.165) is 5.56 Å². The van der Waals surface area contributed by atoms with Crippen LogP contribution < -0.4 is 5.32 Å². The number of alkyl carbamates (subject to hydrolysis) is 1. The van der Waals surface area contributed by atoms with E-state index in [4.69, 9.17) is 9.84 Å². The molecule has 2 atom stereocenters. The van der Waals surface area contributed by atoms with Crippen LogP contribution in [0.4, 0.5) is 9.59 Å². The van der Waals surface area contributed by atoms with Gasteiger partial charge in [0.15, 0.2) is 0 Å². The molecule has 1 aliphatic rings. The van der Waals surface area contributed by atoms with E-state index in [-0.39, 0.29) is 44.5 Å². The van der Waals surface area contributed by atoms with Crippen LogP contribution in [0.2, 0.25) is 0 Å². The van der Waals surface area contributed by atoms with Gasteiger partial charge in [0.2, 0.25) is 11.8 Å². The molecule has 1 fully saturated rings. The number of benzene rings is 1. The molecule has 1 aliphatic heterocycles. The van der Waals surface area contributed by atoms with Crippen molar-refractivity contribution in [2.75, 3.05) is 6.54 Å². The van der Waals surface area contributed by atoms with E-state index in [1.54, 1.807) is 6.92 Å². The predicted octanol–water partition coefficient (Wildman–Crippen LogP) is 2.73. The van der Waals surface area contributed by atoms with Gasteiger partial charge in [-0.15, -0.1) is 0 Å². The fraction of sp³-hybridized carbons (Fsp3) is 0.440. The number of carboxylic acids is 2. The summed E-state index contributed by atoms with van der Waals surface area (Å²) in [6.45, 7) is 5.42. The molecule has 1 aromatic rings. The van der Waals surface area contributed by atoms with E-state index in [0.29, 0.717) is 16.2 Å². The summed E-state index contributed by atoms with van der Waals surface area (Å²) in [4.78, 5) is 74.7. The summed E-state index contributed by atoms with van der Waals surface area (Å²) >= 11 is 0. The van der Waals surface area contributed by atoms with Crippen LogP contribution in [0.3, 0.4) is 0 Å². The molecule has 0 aromatic heterocycles. The van der Waals surface area contributed by atoms with Gasteiger partial charge in [0, 0.05) is 12.2 Å². The summed E-state index contributed by atoms with van der Waals surface area (Å²) in [7, 11) is 0. The number of hydrogen-bond acceptors (Lipinski definition) is 7. The van der Waals surface area contributed by atoms with Crippen molar-refractivity contribution in [2.24, 2.45) is 5.92 Å².